The first-order valence-corrected chi connectivity index (χ1v) is 5.69. The smallest absolute Gasteiger partial charge is 0.0787 e. The van der Waals surface area contributed by atoms with Crippen LogP contribution in [0.5, 0.6) is 0 Å². The summed E-state index contributed by atoms with van der Waals surface area (Å²) in [6.07, 6.45) is 12.8. The van der Waals surface area contributed by atoms with Crippen LogP contribution in [0.1, 0.15) is 46.5 Å². The first kappa shape index (κ1) is 14.0. The highest BCUT2D eigenvalue weighted by molar-refractivity contribution is 5.04. The Labute approximate surface area is 94.5 Å². The van der Waals surface area contributed by atoms with E-state index in [-0.39, 0.29) is 0 Å². The average molecular weight is 208 g/mol. The molecule has 0 amide bonds. The number of allylic oxidation sites excluding steroid dienone is 5. The van der Waals surface area contributed by atoms with Crippen LogP contribution in [0.4, 0.5) is 0 Å². The summed E-state index contributed by atoms with van der Waals surface area (Å²) >= 11 is 0. The average Bonchev–Trinajstić information content (AvgIpc) is 2.24. The van der Waals surface area contributed by atoms with Crippen molar-refractivity contribution >= 4 is 0 Å². The molecule has 0 heterocycles. The highest BCUT2D eigenvalue weighted by Gasteiger charge is 1.88. The first-order valence-electron chi connectivity index (χ1n) is 5.69. The van der Waals surface area contributed by atoms with Crippen molar-refractivity contribution in [2.45, 2.75) is 46.5 Å². The summed E-state index contributed by atoms with van der Waals surface area (Å²) in [6, 6.07) is 0. The number of hydrogen-bond donors (Lipinski definition) is 0. The van der Waals surface area contributed by atoms with E-state index in [0.717, 1.165) is 19.3 Å². The van der Waals surface area contributed by atoms with Gasteiger partial charge in [0.15, 0.2) is 0 Å². The predicted octanol–water partition coefficient (Wildman–Crippen LogP) is 4.62. The molecule has 86 valence electrons. The van der Waals surface area contributed by atoms with Crippen molar-refractivity contribution in [2.75, 3.05) is 7.11 Å². The van der Waals surface area contributed by atoms with Crippen molar-refractivity contribution < 1.29 is 4.74 Å². The van der Waals surface area contributed by atoms with Gasteiger partial charge in [-0.1, -0.05) is 30.2 Å². The Morgan fingerprint density at radius 2 is 1.87 bits per heavy atom. The summed E-state index contributed by atoms with van der Waals surface area (Å²) in [5.41, 5.74) is 2.94. The van der Waals surface area contributed by atoms with Crippen molar-refractivity contribution in [2.24, 2.45) is 0 Å². The Hall–Kier alpha value is -0.980. The summed E-state index contributed by atoms with van der Waals surface area (Å²) in [5, 5.41) is 0. The third kappa shape index (κ3) is 9.33. The van der Waals surface area contributed by atoms with Crippen LogP contribution in [0, 0.1) is 0 Å². The van der Waals surface area contributed by atoms with Crippen LogP contribution in [-0.4, -0.2) is 7.11 Å². The van der Waals surface area contributed by atoms with Crippen molar-refractivity contribution in [1.29, 1.82) is 0 Å². The molecule has 0 radical (unpaired) electrons. The Balaban J connectivity index is 3.73. The van der Waals surface area contributed by atoms with E-state index >= 15 is 0 Å². The van der Waals surface area contributed by atoms with Crippen molar-refractivity contribution in [3.63, 3.8) is 0 Å². The molecule has 0 saturated carbocycles. The van der Waals surface area contributed by atoms with Gasteiger partial charge in [-0.2, -0.15) is 0 Å². The molecule has 0 aromatic heterocycles. The van der Waals surface area contributed by atoms with Crippen molar-refractivity contribution in [1.82, 2.24) is 0 Å². The molecule has 0 fully saturated rings. The highest BCUT2D eigenvalue weighted by atomic mass is 16.5. The van der Waals surface area contributed by atoms with Gasteiger partial charge in [0.05, 0.1) is 13.4 Å². The van der Waals surface area contributed by atoms with Gasteiger partial charge in [0.25, 0.3) is 0 Å². The van der Waals surface area contributed by atoms with Gasteiger partial charge in [0, 0.05) is 0 Å². The van der Waals surface area contributed by atoms with E-state index in [2.05, 4.69) is 32.9 Å². The molecule has 0 aromatic rings. The largest absolute Gasteiger partial charge is 0.505 e. The fourth-order valence-corrected chi connectivity index (χ4v) is 1.21. The molecule has 1 nitrogen and oxygen atoms in total. The second-order valence-electron chi connectivity index (χ2n) is 3.84. The molecule has 0 aliphatic rings. The minimum atomic E-state index is 0.968. The second-order valence-corrected chi connectivity index (χ2v) is 3.84. The van der Waals surface area contributed by atoms with Crippen LogP contribution in [-0.2, 0) is 4.74 Å². The molecule has 0 atom stereocenters. The lowest BCUT2D eigenvalue weighted by Gasteiger charge is -1.98. The lowest BCUT2D eigenvalue weighted by Crippen LogP contribution is -1.78. The SMILES string of the molecule is CCC(C)=CCCC(C)=CCC=COC. The van der Waals surface area contributed by atoms with Gasteiger partial charge in [0.2, 0.25) is 0 Å². The molecular weight excluding hydrogens is 184 g/mol. The second kappa shape index (κ2) is 9.57. The van der Waals surface area contributed by atoms with E-state index in [1.165, 1.54) is 17.6 Å². The number of methoxy groups -OCH3 is 1. The van der Waals surface area contributed by atoms with Gasteiger partial charge < -0.3 is 4.74 Å². The zero-order chi connectivity index (χ0) is 11.5. The Bertz CT molecular complexity index is 234. The van der Waals surface area contributed by atoms with Crippen molar-refractivity contribution in [3.8, 4) is 0 Å². The summed E-state index contributed by atoms with van der Waals surface area (Å²) in [5.74, 6) is 0. The maximum Gasteiger partial charge on any atom is 0.0787 e. The van der Waals surface area contributed by atoms with Gasteiger partial charge in [-0.05, 0) is 45.6 Å². The van der Waals surface area contributed by atoms with Gasteiger partial charge in [-0.3, -0.25) is 0 Å². The zero-order valence-electron chi connectivity index (χ0n) is 10.5. The number of rotatable bonds is 7. The lowest BCUT2D eigenvalue weighted by atomic mass is 10.1. The summed E-state index contributed by atoms with van der Waals surface area (Å²) in [4.78, 5) is 0. The van der Waals surface area contributed by atoms with E-state index in [0.29, 0.717) is 0 Å². The first-order chi connectivity index (χ1) is 7.20. The molecule has 0 rings (SSSR count). The fraction of sp³-hybridized carbons (Fsp3) is 0.571. The standard InChI is InChI=1S/C14H24O/c1-5-13(2)10-8-11-14(3)9-6-7-12-15-4/h7,9-10,12H,5-6,8,11H2,1-4H3. The number of hydrogen-bond acceptors (Lipinski definition) is 1. The Kier molecular flexibility index (Phi) is 8.95. The monoisotopic (exact) mass is 208 g/mol. The van der Waals surface area contributed by atoms with Crippen LogP contribution in [0.2, 0.25) is 0 Å². The number of ether oxygens (including phenoxy) is 1. The predicted molar refractivity (Wildman–Crippen MR) is 67.8 cm³/mol. The van der Waals surface area contributed by atoms with Gasteiger partial charge >= 0.3 is 0 Å². The normalized spacial score (nSPS) is 13.6. The molecule has 0 spiro atoms. The fourth-order valence-electron chi connectivity index (χ4n) is 1.21. The van der Waals surface area contributed by atoms with Gasteiger partial charge in [-0.15, -0.1) is 0 Å². The summed E-state index contributed by atoms with van der Waals surface area (Å²) in [7, 11) is 1.67. The molecule has 0 aliphatic carbocycles. The third-order valence-corrected chi connectivity index (χ3v) is 2.42. The van der Waals surface area contributed by atoms with Crippen LogP contribution in [0.15, 0.2) is 35.6 Å². The molecule has 0 unspecified atom stereocenters. The maximum atomic E-state index is 4.83. The maximum absolute atomic E-state index is 4.83. The zero-order valence-corrected chi connectivity index (χ0v) is 10.5. The van der Waals surface area contributed by atoms with E-state index < -0.39 is 0 Å². The van der Waals surface area contributed by atoms with Crippen LogP contribution >= 0.6 is 0 Å². The summed E-state index contributed by atoms with van der Waals surface area (Å²) < 4.78 is 4.83. The summed E-state index contributed by atoms with van der Waals surface area (Å²) in [6.45, 7) is 6.58. The van der Waals surface area contributed by atoms with Gasteiger partial charge in [0.1, 0.15) is 0 Å². The minimum Gasteiger partial charge on any atom is -0.505 e. The van der Waals surface area contributed by atoms with E-state index in [1.54, 1.807) is 13.4 Å². The Morgan fingerprint density at radius 3 is 2.47 bits per heavy atom. The molecule has 1 heteroatoms. The molecule has 15 heavy (non-hydrogen) atoms. The van der Waals surface area contributed by atoms with Crippen molar-refractivity contribution in [3.05, 3.63) is 35.6 Å². The Morgan fingerprint density at radius 1 is 1.13 bits per heavy atom. The molecule has 0 N–H and O–H groups in total. The van der Waals surface area contributed by atoms with Crippen LogP contribution in [0.25, 0.3) is 0 Å². The minimum absolute atomic E-state index is 0.968. The van der Waals surface area contributed by atoms with E-state index in [9.17, 15) is 0 Å². The third-order valence-electron chi connectivity index (χ3n) is 2.42. The highest BCUT2D eigenvalue weighted by Crippen LogP contribution is 2.09. The molecule has 0 saturated heterocycles. The molecular formula is C14H24O. The van der Waals surface area contributed by atoms with E-state index in [1.807, 2.05) is 6.08 Å². The lowest BCUT2D eigenvalue weighted by molar-refractivity contribution is 0.337. The molecule has 0 bridgehead atoms. The van der Waals surface area contributed by atoms with Crippen LogP contribution < -0.4 is 0 Å². The van der Waals surface area contributed by atoms with Crippen LogP contribution in [0.3, 0.4) is 0 Å². The molecule has 0 aliphatic heterocycles. The van der Waals surface area contributed by atoms with E-state index in [4.69, 9.17) is 4.74 Å². The topological polar surface area (TPSA) is 9.23 Å². The van der Waals surface area contributed by atoms with Gasteiger partial charge in [-0.25, -0.2) is 0 Å². The quantitative estimate of drug-likeness (QED) is 0.438. The molecule has 0 aromatic carbocycles.